The summed E-state index contributed by atoms with van der Waals surface area (Å²) in [4.78, 5) is 26.4. The second-order valence-electron chi connectivity index (χ2n) is 5.69. The molecule has 1 unspecified atom stereocenters. The number of ether oxygens (including phenoxy) is 1. The molecule has 1 aliphatic rings. The number of hydrogen-bond donors (Lipinski definition) is 2. The average Bonchev–Trinajstić information content (AvgIpc) is 2.61. The fraction of sp³-hybridized carbons (Fsp3) is 0.222. The van der Waals surface area contributed by atoms with Crippen molar-refractivity contribution in [3.8, 4) is 5.75 Å². The minimum atomic E-state index is -0.792. The first-order valence-electron chi connectivity index (χ1n) is 7.75. The molecule has 1 saturated heterocycles. The summed E-state index contributed by atoms with van der Waals surface area (Å²) in [5.74, 6) is -0.803. The van der Waals surface area contributed by atoms with E-state index in [0.717, 1.165) is 5.56 Å². The van der Waals surface area contributed by atoms with Crippen LogP contribution in [-0.2, 0) is 20.9 Å². The third-order valence-corrected chi connectivity index (χ3v) is 4.15. The Morgan fingerprint density at radius 1 is 1.28 bits per heavy atom. The maximum absolute atomic E-state index is 12.6. The van der Waals surface area contributed by atoms with Crippen molar-refractivity contribution in [2.24, 2.45) is 0 Å². The van der Waals surface area contributed by atoms with E-state index in [0.29, 0.717) is 11.6 Å². The van der Waals surface area contributed by atoms with Crippen LogP contribution in [0.3, 0.4) is 0 Å². The molecular formula is C18H17ClN2O4. The van der Waals surface area contributed by atoms with E-state index in [1.165, 1.54) is 23.1 Å². The van der Waals surface area contributed by atoms with Crippen LogP contribution in [0.5, 0.6) is 5.75 Å². The smallest absolute Gasteiger partial charge is 0.249 e. The summed E-state index contributed by atoms with van der Waals surface area (Å²) in [6.07, 6.45) is 0. The molecule has 1 aliphatic heterocycles. The van der Waals surface area contributed by atoms with Crippen molar-refractivity contribution in [2.45, 2.75) is 12.6 Å². The van der Waals surface area contributed by atoms with Crippen LogP contribution in [0.2, 0.25) is 5.02 Å². The van der Waals surface area contributed by atoms with Gasteiger partial charge in [0.05, 0.1) is 12.3 Å². The first-order chi connectivity index (χ1) is 12.0. The van der Waals surface area contributed by atoms with Crippen LogP contribution in [0.25, 0.3) is 0 Å². The van der Waals surface area contributed by atoms with Crippen molar-refractivity contribution in [1.82, 2.24) is 4.90 Å². The van der Waals surface area contributed by atoms with E-state index in [9.17, 15) is 14.7 Å². The highest BCUT2D eigenvalue weighted by Gasteiger charge is 2.34. The summed E-state index contributed by atoms with van der Waals surface area (Å²) >= 11 is 5.89. The Hall–Kier alpha value is -2.57. The van der Waals surface area contributed by atoms with Crippen molar-refractivity contribution in [3.05, 3.63) is 59.1 Å². The molecule has 0 aromatic heterocycles. The molecule has 130 valence electrons. The van der Waals surface area contributed by atoms with Crippen LogP contribution in [0.1, 0.15) is 5.56 Å². The lowest BCUT2D eigenvalue weighted by molar-refractivity contribution is -0.154. The monoisotopic (exact) mass is 360 g/mol. The summed E-state index contributed by atoms with van der Waals surface area (Å²) in [6.45, 7) is 0.341. The second-order valence-corrected chi connectivity index (χ2v) is 6.13. The number of halogens is 1. The number of morpholine rings is 1. The summed E-state index contributed by atoms with van der Waals surface area (Å²) in [5, 5.41) is 12.8. The van der Waals surface area contributed by atoms with E-state index >= 15 is 0 Å². The minimum absolute atomic E-state index is 0.0565. The molecule has 0 spiro atoms. The Balaban J connectivity index is 1.78. The van der Waals surface area contributed by atoms with Crippen molar-refractivity contribution in [3.63, 3.8) is 0 Å². The second kappa shape index (κ2) is 7.55. The first kappa shape index (κ1) is 17.3. The lowest BCUT2D eigenvalue weighted by atomic mass is 10.1. The predicted molar refractivity (Wildman–Crippen MR) is 93.3 cm³/mol. The third-order valence-electron chi connectivity index (χ3n) is 3.91. The summed E-state index contributed by atoms with van der Waals surface area (Å²) in [7, 11) is 0. The zero-order valence-electron chi connectivity index (χ0n) is 13.3. The van der Waals surface area contributed by atoms with Gasteiger partial charge in [-0.1, -0.05) is 41.9 Å². The van der Waals surface area contributed by atoms with Gasteiger partial charge in [-0.25, -0.2) is 0 Å². The highest BCUT2D eigenvalue weighted by Crippen LogP contribution is 2.27. The number of hydrogen-bond acceptors (Lipinski definition) is 4. The van der Waals surface area contributed by atoms with Gasteiger partial charge in [-0.2, -0.15) is 0 Å². The molecule has 0 aliphatic carbocycles. The molecule has 1 fully saturated rings. The van der Waals surface area contributed by atoms with Crippen molar-refractivity contribution in [2.75, 3.05) is 18.5 Å². The maximum atomic E-state index is 12.6. The van der Waals surface area contributed by atoms with Crippen molar-refractivity contribution >= 4 is 29.1 Å². The van der Waals surface area contributed by atoms with Gasteiger partial charge < -0.3 is 20.1 Å². The molecule has 6 nitrogen and oxygen atoms in total. The van der Waals surface area contributed by atoms with Gasteiger partial charge >= 0.3 is 0 Å². The van der Waals surface area contributed by atoms with E-state index in [2.05, 4.69) is 5.32 Å². The van der Waals surface area contributed by atoms with Crippen LogP contribution >= 0.6 is 11.6 Å². The molecule has 2 amide bonds. The lowest BCUT2D eigenvalue weighted by Crippen LogP contribution is -2.54. The first-order valence-corrected chi connectivity index (χ1v) is 8.13. The average molecular weight is 361 g/mol. The topological polar surface area (TPSA) is 78.9 Å². The Morgan fingerprint density at radius 2 is 2.04 bits per heavy atom. The van der Waals surface area contributed by atoms with Crippen LogP contribution < -0.4 is 5.32 Å². The van der Waals surface area contributed by atoms with Gasteiger partial charge in [-0.15, -0.1) is 0 Å². The van der Waals surface area contributed by atoms with E-state index in [1.54, 1.807) is 0 Å². The molecule has 25 heavy (non-hydrogen) atoms. The molecule has 0 radical (unpaired) electrons. The number of phenols is 1. The molecule has 0 bridgehead atoms. The molecule has 2 aromatic rings. The highest BCUT2D eigenvalue weighted by atomic mass is 35.5. The van der Waals surface area contributed by atoms with Crippen molar-refractivity contribution in [1.29, 1.82) is 0 Å². The van der Waals surface area contributed by atoms with Gasteiger partial charge in [0.25, 0.3) is 0 Å². The Kier molecular flexibility index (Phi) is 5.21. The SMILES string of the molecule is O=C(Nc1cc(Cl)ccc1O)C1COCC(=O)N1Cc1ccccc1. The molecular weight excluding hydrogens is 344 g/mol. The standard InChI is InChI=1S/C18H17ClN2O4/c19-13-6-7-16(22)14(8-13)20-18(24)15-10-25-11-17(23)21(15)9-12-4-2-1-3-5-12/h1-8,15,22H,9-11H2,(H,20,24). The zero-order chi connectivity index (χ0) is 17.8. The fourth-order valence-electron chi connectivity index (χ4n) is 2.62. The number of nitrogens with one attached hydrogen (secondary N) is 1. The van der Waals surface area contributed by atoms with Crippen LogP contribution in [0.4, 0.5) is 5.69 Å². The Labute approximate surface area is 150 Å². The number of nitrogens with zero attached hydrogens (tertiary/aromatic N) is 1. The number of carbonyl (C=O) groups is 2. The van der Waals surface area contributed by atoms with Gasteiger partial charge in [-0.3, -0.25) is 9.59 Å². The Morgan fingerprint density at radius 3 is 2.80 bits per heavy atom. The van der Waals surface area contributed by atoms with Crippen molar-refractivity contribution < 1.29 is 19.4 Å². The van der Waals surface area contributed by atoms with Crippen LogP contribution in [-0.4, -0.2) is 41.1 Å². The summed E-state index contributed by atoms with van der Waals surface area (Å²) in [6, 6.07) is 13.0. The zero-order valence-corrected chi connectivity index (χ0v) is 14.1. The molecule has 1 atom stereocenters. The third kappa shape index (κ3) is 4.10. The molecule has 7 heteroatoms. The number of phenolic OH excluding ortho intramolecular Hbond substituents is 1. The van der Waals surface area contributed by atoms with E-state index < -0.39 is 11.9 Å². The van der Waals surface area contributed by atoms with Gasteiger partial charge in [0.15, 0.2) is 0 Å². The van der Waals surface area contributed by atoms with E-state index in [4.69, 9.17) is 16.3 Å². The molecule has 2 aromatic carbocycles. The van der Waals surface area contributed by atoms with Crippen LogP contribution in [0, 0.1) is 0 Å². The number of carbonyl (C=O) groups excluding carboxylic acids is 2. The molecule has 3 rings (SSSR count). The Bertz CT molecular complexity index is 782. The number of rotatable bonds is 4. The van der Waals surface area contributed by atoms with Gasteiger partial charge in [-0.05, 0) is 23.8 Å². The number of aromatic hydroxyl groups is 1. The molecule has 1 heterocycles. The van der Waals surface area contributed by atoms with Gasteiger partial charge in [0, 0.05) is 11.6 Å². The maximum Gasteiger partial charge on any atom is 0.249 e. The van der Waals surface area contributed by atoms with Crippen LogP contribution in [0.15, 0.2) is 48.5 Å². The molecule has 0 saturated carbocycles. The van der Waals surface area contributed by atoms with Gasteiger partial charge in [0.1, 0.15) is 18.4 Å². The number of benzene rings is 2. The fourth-order valence-corrected chi connectivity index (χ4v) is 2.80. The van der Waals surface area contributed by atoms with Gasteiger partial charge in [0.2, 0.25) is 11.8 Å². The quantitative estimate of drug-likeness (QED) is 0.821. The number of amides is 2. The molecule has 2 N–H and O–H groups in total. The summed E-state index contributed by atoms with van der Waals surface area (Å²) in [5.41, 5.74) is 1.11. The van der Waals surface area contributed by atoms with E-state index in [-0.39, 0.29) is 30.6 Å². The van der Waals surface area contributed by atoms with E-state index in [1.807, 2.05) is 30.3 Å². The predicted octanol–water partition coefficient (Wildman–Crippen LogP) is 2.41. The summed E-state index contributed by atoms with van der Waals surface area (Å²) < 4.78 is 5.23. The normalized spacial score (nSPS) is 17.4. The lowest BCUT2D eigenvalue weighted by Gasteiger charge is -2.34. The number of anilines is 1. The largest absolute Gasteiger partial charge is 0.506 e. The highest BCUT2D eigenvalue weighted by molar-refractivity contribution is 6.31. The minimum Gasteiger partial charge on any atom is -0.506 e.